The van der Waals surface area contributed by atoms with Gasteiger partial charge in [-0.15, -0.1) is 11.3 Å². The van der Waals surface area contributed by atoms with E-state index in [9.17, 15) is 5.11 Å². The normalized spacial score (nSPS) is 13.4. The molecule has 0 aliphatic carbocycles. The first-order chi connectivity index (χ1) is 9.50. The van der Waals surface area contributed by atoms with Gasteiger partial charge in [-0.3, -0.25) is 0 Å². The number of thiazole rings is 1. The SMILES string of the molecule is CC(C)(C)c1nc(CN[C@@H](CO)c2ccccc2)cs1. The fourth-order valence-electron chi connectivity index (χ4n) is 1.93. The molecule has 0 amide bonds. The lowest BCUT2D eigenvalue weighted by Crippen LogP contribution is -2.24. The molecule has 0 bridgehead atoms. The molecule has 3 nitrogen and oxygen atoms in total. The lowest BCUT2D eigenvalue weighted by molar-refractivity contribution is 0.243. The maximum Gasteiger partial charge on any atom is 0.0982 e. The van der Waals surface area contributed by atoms with Crippen LogP contribution in [0.1, 0.15) is 43.1 Å². The molecule has 108 valence electrons. The third-order valence-electron chi connectivity index (χ3n) is 3.11. The predicted molar refractivity (Wildman–Crippen MR) is 83.9 cm³/mol. The van der Waals surface area contributed by atoms with Gasteiger partial charge in [-0.05, 0) is 5.56 Å². The molecule has 2 aromatic rings. The minimum Gasteiger partial charge on any atom is -0.394 e. The summed E-state index contributed by atoms with van der Waals surface area (Å²) in [4.78, 5) is 4.66. The lowest BCUT2D eigenvalue weighted by atomic mass is 9.98. The number of aliphatic hydroxyl groups is 1. The second-order valence-corrected chi connectivity index (χ2v) is 6.78. The van der Waals surface area contributed by atoms with Crippen LogP contribution in [-0.4, -0.2) is 16.7 Å². The Labute approximate surface area is 124 Å². The molecular formula is C16H22N2OS. The molecule has 1 aromatic heterocycles. The Balaban J connectivity index is 1.99. The predicted octanol–water partition coefficient (Wildman–Crippen LogP) is 3.26. The van der Waals surface area contributed by atoms with E-state index in [4.69, 9.17) is 0 Å². The zero-order valence-corrected chi connectivity index (χ0v) is 13.1. The van der Waals surface area contributed by atoms with Crippen molar-refractivity contribution in [1.29, 1.82) is 0 Å². The molecule has 0 aliphatic heterocycles. The van der Waals surface area contributed by atoms with Gasteiger partial charge in [0.15, 0.2) is 0 Å². The molecule has 1 atom stereocenters. The highest BCUT2D eigenvalue weighted by atomic mass is 32.1. The van der Waals surface area contributed by atoms with Crippen molar-refractivity contribution in [3.05, 3.63) is 52.0 Å². The molecular weight excluding hydrogens is 268 g/mol. The van der Waals surface area contributed by atoms with Crippen LogP contribution < -0.4 is 5.32 Å². The smallest absolute Gasteiger partial charge is 0.0982 e. The molecule has 0 saturated carbocycles. The fraction of sp³-hybridized carbons (Fsp3) is 0.438. The average Bonchev–Trinajstić information content (AvgIpc) is 2.89. The van der Waals surface area contributed by atoms with Crippen LogP contribution >= 0.6 is 11.3 Å². The van der Waals surface area contributed by atoms with Gasteiger partial charge >= 0.3 is 0 Å². The van der Waals surface area contributed by atoms with Crippen LogP contribution in [0.3, 0.4) is 0 Å². The Kier molecular flexibility index (Phi) is 4.91. The van der Waals surface area contributed by atoms with Crippen molar-refractivity contribution in [3.63, 3.8) is 0 Å². The van der Waals surface area contributed by atoms with Crippen LogP contribution in [0, 0.1) is 0 Å². The van der Waals surface area contributed by atoms with Gasteiger partial charge in [0, 0.05) is 17.3 Å². The van der Waals surface area contributed by atoms with Crippen LogP contribution in [0.4, 0.5) is 0 Å². The Bertz CT molecular complexity index is 531. The zero-order valence-electron chi connectivity index (χ0n) is 12.3. The topological polar surface area (TPSA) is 45.2 Å². The van der Waals surface area contributed by atoms with E-state index in [1.54, 1.807) is 11.3 Å². The maximum absolute atomic E-state index is 9.51. The average molecular weight is 290 g/mol. The number of nitrogens with one attached hydrogen (secondary N) is 1. The molecule has 1 heterocycles. The Hall–Kier alpha value is -1.23. The molecule has 4 heteroatoms. The van der Waals surface area contributed by atoms with E-state index in [0.29, 0.717) is 6.54 Å². The van der Waals surface area contributed by atoms with Gasteiger partial charge in [0.25, 0.3) is 0 Å². The third-order valence-corrected chi connectivity index (χ3v) is 4.42. The summed E-state index contributed by atoms with van der Waals surface area (Å²) in [5.74, 6) is 0. The second-order valence-electron chi connectivity index (χ2n) is 5.92. The van der Waals surface area contributed by atoms with E-state index in [1.165, 1.54) is 0 Å². The number of hydrogen-bond donors (Lipinski definition) is 2. The van der Waals surface area contributed by atoms with Crippen molar-refractivity contribution in [2.45, 2.75) is 38.8 Å². The summed E-state index contributed by atoms with van der Waals surface area (Å²) in [7, 11) is 0. The highest BCUT2D eigenvalue weighted by Crippen LogP contribution is 2.25. The summed E-state index contributed by atoms with van der Waals surface area (Å²) in [5.41, 5.74) is 2.23. The monoisotopic (exact) mass is 290 g/mol. The Morgan fingerprint density at radius 1 is 1.25 bits per heavy atom. The van der Waals surface area contributed by atoms with Crippen molar-refractivity contribution < 1.29 is 5.11 Å². The van der Waals surface area contributed by atoms with Crippen molar-refractivity contribution in [3.8, 4) is 0 Å². The second kappa shape index (κ2) is 6.48. The summed E-state index contributed by atoms with van der Waals surface area (Å²) in [6.45, 7) is 7.27. The highest BCUT2D eigenvalue weighted by Gasteiger charge is 2.18. The zero-order chi connectivity index (χ0) is 14.6. The summed E-state index contributed by atoms with van der Waals surface area (Å²) >= 11 is 1.70. The molecule has 0 unspecified atom stereocenters. The number of hydrogen-bond acceptors (Lipinski definition) is 4. The molecule has 2 N–H and O–H groups in total. The van der Waals surface area contributed by atoms with Gasteiger partial charge in [0.05, 0.1) is 23.4 Å². The third kappa shape index (κ3) is 3.88. The number of aliphatic hydroxyl groups excluding tert-OH is 1. The van der Waals surface area contributed by atoms with Crippen LogP contribution in [0.15, 0.2) is 35.7 Å². The van der Waals surface area contributed by atoms with Crippen molar-refractivity contribution >= 4 is 11.3 Å². The standard InChI is InChI=1S/C16H22N2OS/c1-16(2,3)15-18-13(11-20-15)9-17-14(10-19)12-7-5-4-6-8-12/h4-8,11,14,17,19H,9-10H2,1-3H3/t14-/m0/s1. The largest absolute Gasteiger partial charge is 0.394 e. The first kappa shape index (κ1) is 15.2. The van der Waals surface area contributed by atoms with Gasteiger partial charge in [-0.2, -0.15) is 0 Å². The summed E-state index contributed by atoms with van der Waals surface area (Å²) < 4.78 is 0. The quantitative estimate of drug-likeness (QED) is 0.888. The van der Waals surface area contributed by atoms with Gasteiger partial charge in [0.1, 0.15) is 0 Å². The van der Waals surface area contributed by atoms with Gasteiger partial charge < -0.3 is 10.4 Å². The lowest BCUT2D eigenvalue weighted by Gasteiger charge is -2.16. The molecule has 2 rings (SSSR count). The van der Waals surface area contributed by atoms with E-state index >= 15 is 0 Å². The van der Waals surface area contributed by atoms with Crippen LogP contribution in [0.25, 0.3) is 0 Å². The first-order valence-corrected chi connectivity index (χ1v) is 7.72. The van der Waals surface area contributed by atoms with Crippen LogP contribution in [-0.2, 0) is 12.0 Å². The number of benzene rings is 1. The van der Waals surface area contributed by atoms with Crippen molar-refractivity contribution in [2.75, 3.05) is 6.61 Å². The Morgan fingerprint density at radius 2 is 1.95 bits per heavy atom. The van der Waals surface area contributed by atoms with E-state index in [-0.39, 0.29) is 18.1 Å². The maximum atomic E-state index is 9.51. The molecule has 0 fully saturated rings. The molecule has 0 aliphatic rings. The first-order valence-electron chi connectivity index (χ1n) is 6.85. The fourth-order valence-corrected chi connectivity index (χ4v) is 2.84. The van der Waals surface area contributed by atoms with Gasteiger partial charge in [-0.1, -0.05) is 51.1 Å². The van der Waals surface area contributed by atoms with E-state index in [0.717, 1.165) is 16.3 Å². The molecule has 0 radical (unpaired) electrons. The number of rotatable bonds is 5. The molecule has 1 aromatic carbocycles. The van der Waals surface area contributed by atoms with Gasteiger partial charge in [-0.25, -0.2) is 4.98 Å². The van der Waals surface area contributed by atoms with E-state index in [1.807, 2.05) is 30.3 Å². The summed E-state index contributed by atoms with van der Waals surface area (Å²) in [5, 5.41) is 16.1. The number of nitrogens with zero attached hydrogens (tertiary/aromatic N) is 1. The molecule has 20 heavy (non-hydrogen) atoms. The Morgan fingerprint density at radius 3 is 2.50 bits per heavy atom. The van der Waals surface area contributed by atoms with Crippen molar-refractivity contribution in [2.24, 2.45) is 0 Å². The highest BCUT2D eigenvalue weighted by molar-refractivity contribution is 7.09. The van der Waals surface area contributed by atoms with Gasteiger partial charge in [0.2, 0.25) is 0 Å². The number of aromatic nitrogens is 1. The molecule has 0 saturated heterocycles. The van der Waals surface area contributed by atoms with Crippen molar-refractivity contribution in [1.82, 2.24) is 10.3 Å². The minimum atomic E-state index is -0.0454. The van der Waals surface area contributed by atoms with E-state index in [2.05, 4.69) is 36.5 Å². The summed E-state index contributed by atoms with van der Waals surface area (Å²) in [6.07, 6.45) is 0. The van der Waals surface area contributed by atoms with Crippen LogP contribution in [0.5, 0.6) is 0 Å². The van der Waals surface area contributed by atoms with E-state index < -0.39 is 0 Å². The van der Waals surface area contributed by atoms with Crippen LogP contribution in [0.2, 0.25) is 0 Å². The summed E-state index contributed by atoms with van der Waals surface area (Å²) in [6, 6.07) is 9.95. The molecule has 0 spiro atoms. The minimum absolute atomic E-state index is 0.0454.